The van der Waals surface area contributed by atoms with E-state index in [1.165, 1.54) is 50.5 Å². The summed E-state index contributed by atoms with van der Waals surface area (Å²) in [6.07, 6.45) is 4.07. The highest BCUT2D eigenvalue weighted by Crippen LogP contribution is 2.45. The molecule has 56 heavy (non-hydrogen) atoms. The van der Waals surface area contributed by atoms with Gasteiger partial charge in [0.1, 0.15) is 16.4 Å². The first-order chi connectivity index (χ1) is 26.8. The molecule has 2 atom stereocenters. The van der Waals surface area contributed by atoms with Gasteiger partial charge in [0.05, 0.1) is 38.7 Å². The molecule has 11 nitrogen and oxygen atoms in total. The molecule has 5 rings (SSSR count). The van der Waals surface area contributed by atoms with E-state index < -0.39 is 23.0 Å². The number of thioether (sulfide) groups is 1. The smallest absolute Gasteiger partial charge is 0.341 e. The fourth-order valence-electron chi connectivity index (χ4n) is 6.41. The number of ether oxygens (including phenoxy) is 4. The van der Waals surface area contributed by atoms with Crippen molar-refractivity contribution >= 4 is 63.6 Å². The fourth-order valence-corrected chi connectivity index (χ4v) is 8.66. The average Bonchev–Trinajstić information content (AvgIpc) is 3.54. The molecule has 0 saturated heterocycles. The van der Waals surface area contributed by atoms with Gasteiger partial charge in [0, 0.05) is 32.7 Å². The lowest BCUT2D eigenvalue weighted by molar-refractivity contribution is -0.115. The van der Waals surface area contributed by atoms with Crippen molar-refractivity contribution in [1.82, 2.24) is 5.32 Å². The zero-order valence-corrected chi connectivity index (χ0v) is 34.6. The van der Waals surface area contributed by atoms with Crippen molar-refractivity contribution < 1.29 is 38.1 Å². The third kappa shape index (κ3) is 10.1. The van der Waals surface area contributed by atoms with Gasteiger partial charge >= 0.3 is 5.97 Å². The Hall–Kier alpha value is -5.27. The molecule has 3 aromatic carbocycles. The van der Waals surface area contributed by atoms with E-state index in [0.29, 0.717) is 50.5 Å². The highest BCUT2D eigenvalue weighted by atomic mass is 32.2. The largest absolute Gasteiger partial charge is 0.496 e. The maximum absolute atomic E-state index is 13.9. The Morgan fingerprint density at radius 1 is 0.911 bits per heavy atom. The number of carbonyl (C=O) groups excluding carboxylic acids is 4. The number of carbonyl (C=O) groups is 4. The Kier molecular flexibility index (Phi) is 13.9. The average molecular weight is 800 g/mol. The Labute approximate surface area is 336 Å². The second-order valence-electron chi connectivity index (χ2n) is 14.3. The summed E-state index contributed by atoms with van der Waals surface area (Å²) in [5.74, 6) is -0.0744. The molecule has 0 aliphatic heterocycles. The summed E-state index contributed by atoms with van der Waals surface area (Å²) in [7, 11) is 4.49. The molecule has 1 aliphatic rings. The van der Waals surface area contributed by atoms with Crippen molar-refractivity contribution in [2.45, 2.75) is 64.0 Å². The van der Waals surface area contributed by atoms with E-state index in [4.69, 9.17) is 18.9 Å². The molecule has 1 heterocycles. The summed E-state index contributed by atoms with van der Waals surface area (Å²) in [6.45, 7) is 10.5. The minimum absolute atomic E-state index is 0.0555. The predicted molar refractivity (Wildman–Crippen MR) is 222 cm³/mol. The van der Waals surface area contributed by atoms with E-state index in [1.54, 1.807) is 74.5 Å². The van der Waals surface area contributed by atoms with Crippen LogP contribution in [0.5, 0.6) is 17.2 Å². The van der Waals surface area contributed by atoms with E-state index in [2.05, 4.69) is 36.7 Å². The normalized spacial score (nSPS) is 14.5. The van der Waals surface area contributed by atoms with Gasteiger partial charge in [-0.1, -0.05) is 45.0 Å². The van der Waals surface area contributed by atoms with Crippen molar-refractivity contribution in [1.29, 1.82) is 0 Å². The van der Waals surface area contributed by atoms with Gasteiger partial charge in [-0.25, -0.2) is 4.79 Å². The van der Waals surface area contributed by atoms with Crippen LogP contribution in [0.3, 0.4) is 0 Å². The minimum Gasteiger partial charge on any atom is -0.496 e. The van der Waals surface area contributed by atoms with Crippen LogP contribution in [0.25, 0.3) is 6.08 Å². The third-order valence-electron chi connectivity index (χ3n) is 9.54. The van der Waals surface area contributed by atoms with Crippen LogP contribution in [-0.2, 0) is 27.2 Å². The van der Waals surface area contributed by atoms with Gasteiger partial charge in [-0.2, -0.15) is 0 Å². The molecule has 3 amide bonds. The van der Waals surface area contributed by atoms with Gasteiger partial charge in [-0.3, -0.25) is 14.4 Å². The molecule has 0 radical (unpaired) electrons. The first kappa shape index (κ1) is 41.9. The van der Waals surface area contributed by atoms with Gasteiger partial charge in [0.2, 0.25) is 5.91 Å². The van der Waals surface area contributed by atoms with Crippen LogP contribution in [0.2, 0.25) is 0 Å². The number of hydrogen-bond donors (Lipinski definition) is 3. The van der Waals surface area contributed by atoms with Gasteiger partial charge in [-0.05, 0) is 92.5 Å². The van der Waals surface area contributed by atoms with E-state index in [9.17, 15) is 19.2 Å². The van der Waals surface area contributed by atoms with Crippen molar-refractivity contribution in [3.63, 3.8) is 0 Å². The van der Waals surface area contributed by atoms with Crippen LogP contribution in [0.15, 0.2) is 77.3 Å². The first-order valence-corrected chi connectivity index (χ1v) is 20.0. The number of fused-ring (bicyclic) bond motifs is 1. The SMILES string of the molecule is CCOC(=O)c1c(NC(=O)C(C)Sc2cccc(NC(=O)/C(=C\c3cc(OC)c(OC)cc3OC)NC(=O)c3ccccc3)c2)sc2c1CCC(C(C)(C)C)C2. The lowest BCUT2D eigenvalue weighted by Crippen LogP contribution is -2.30. The summed E-state index contributed by atoms with van der Waals surface area (Å²) in [4.78, 5) is 55.8. The van der Waals surface area contributed by atoms with E-state index >= 15 is 0 Å². The van der Waals surface area contributed by atoms with Crippen LogP contribution < -0.4 is 30.2 Å². The second-order valence-corrected chi connectivity index (χ2v) is 16.8. The van der Waals surface area contributed by atoms with Crippen molar-refractivity contribution in [2.75, 3.05) is 38.6 Å². The number of nitrogens with one attached hydrogen (secondary N) is 3. The molecule has 0 spiro atoms. The number of benzene rings is 3. The van der Waals surface area contributed by atoms with Crippen LogP contribution in [0.1, 0.15) is 77.8 Å². The van der Waals surface area contributed by atoms with Crippen molar-refractivity contribution in [2.24, 2.45) is 11.3 Å². The Bertz CT molecular complexity index is 2110. The van der Waals surface area contributed by atoms with Gasteiger partial charge < -0.3 is 34.9 Å². The molecular formula is C43H49N3O8S2. The van der Waals surface area contributed by atoms with Crippen LogP contribution in [0, 0.1) is 11.3 Å². The summed E-state index contributed by atoms with van der Waals surface area (Å²) >= 11 is 2.77. The molecule has 0 fully saturated rings. The highest BCUT2D eigenvalue weighted by Gasteiger charge is 2.35. The maximum atomic E-state index is 13.9. The van der Waals surface area contributed by atoms with E-state index in [0.717, 1.165) is 34.6 Å². The topological polar surface area (TPSA) is 141 Å². The number of hydrogen-bond acceptors (Lipinski definition) is 10. The number of thiophene rings is 1. The molecule has 3 N–H and O–H groups in total. The molecular weight excluding hydrogens is 751 g/mol. The maximum Gasteiger partial charge on any atom is 0.341 e. The fraction of sp³-hybridized carbons (Fsp3) is 0.349. The molecule has 1 aliphatic carbocycles. The van der Waals surface area contributed by atoms with Crippen molar-refractivity contribution in [3.05, 3.63) is 99.6 Å². The predicted octanol–water partition coefficient (Wildman–Crippen LogP) is 8.63. The molecule has 0 bridgehead atoms. The first-order valence-electron chi connectivity index (χ1n) is 18.3. The number of amides is 3. The summed E-state index contributed by atoms with van der Waals surface area (Å²) in [5, 5.41) is 8.62. The number of rotatable bonds is 14. The lowest BCUT2D eigenvalue weighted by Gasteiger charge is -2.33. The monoisotopic (exact) mass is 799 g/mol. The lowest BCUT2D eigenvalue weighted by atomic mass is 9.72. The molecule has 1 aromatic heterocycles. The van der Waals surface area contributed by atoms with Crippen LogP contribution in [0.4, 0.5) is 10.7 Å². The van der Waals surface area contributed by atoms with Crippen LogP contribution >= 0.6 is 23.1 Å². The number of anilines is 2. The summed E-state index contributed by atoms with van der Waals surface area (Å²) in [6, 6.07) is 18.9. The summed E-state index contributed by atoms with van der Waals surface area (Å²) < 4.78 is 21.9. The zero-order chi connectivity index (χ0) is 40.6. The number of methoxy groups -OCH3 is 3. The van der Waals surface area contributed by atoms with Crippen LogP contribution in [-0.4, -0.2) is 56.9 Å². The molecule has 13 heteroatoms. The van der Waals surface area contributed by atoms with E-state index in [1.807, 2.05) is 6.07 Å². The Balaban J connectivity index is 1.35. The van der Waals surface area contributed by atoms with E-state index in [-0.39, 0.29) is 23.6 Å². The minimum atomic E-state index is -0.596. The zero-order valence-electron chi connectivity index (χ0n) is 33.0. The Morgan fingerprint density at radius 2 is 1.61 bits per heavy atom. The second kappa shape index (κ2) is 18.6. The summed E-state index contributed by atoms with van der Waals surface area (Å²) in [5.41, 5.74) is 2.77. The third-order valence-corrected chi connectivity index (χ3v) is 11.8. The molecule has 296 valence electrons. The van der Waals surface area contributed by atoms with Gasteiger partial charge in [0.25, 0.3) is 11.8 Å². The number of esters is 1. The molecule has 2 unspecified atom stereocenters. The molecule has 4 aromatic rings. The standard InChI is InChI=1S/C43H49N3O8S2/c1-9-54-42(50)37-31-19-18-28(43(3,4)5)22-36(31)56-41(37)46-38(47)25(2)55-30-17-13-16-29(23-30)44-40(49)32(45-39(48)26-14-11-10-12-15-26)20-27-21-34(52-7)35(53-8)24-33(27)51-6/h10-17,20-21,23-25,28H,9,18-19,22H2,1-8H3,(H,44,49)(H,45,48)(H,46,47)/b32-20+. The quantitative estimate of drug-likeness (QED) is 0.0650. The van der Waals surface area contributed by atoms with Gasteiger partial charge in [-0.15, -0.1) is 23.1 Å². The van der Waals surface area contributed by atoms with Gasteiger partial charge in [0.15, 0.2) is 11.5 Å². The molecule has 0 saturated carbocycles. The Morgan fingerprint density at radius 3 is 2.27 bits per heavy atom. The highest BCUT2D eigenvalue weighted by molar-refractivity contribution is 8.00. The van der Waals surface area contributed by atoms with Crippen molar-refractivity contribution in [3.8, 4) is 17.2 Å².